The number of hydrogen-bond donors (Lipinski definition) is 1. The number of aliphatic hydroxyl groups excluding tert-OH is 1. The second-order valence-electron chi connectivity index (χ2n) is 5.30. The highest BCUT2D eigenvalue weighted by Gasteiger charge is 2.71. The molecule has 1 aromatic rings. The molecule has 1 aliphatic carbocycles. The van der Waals surface area contributed by atoms with Crippen molar-refractivity contribution in [1.29, 1.82) is 0 Å². The molecule has 6 heteroatoms. The molecule has 1 aromatic carbocycles. The van der Waals surface area contributed by atoms with Crippen LogP contribution in [0.1, 0.15) is 5.56 Å². The van der Waals surface area contributed by atoms with Crippen molar-refractivity contribution in [2.75, 3.05) is 20.0 Å². The van der Waals surface area contributed by atoms with E-state index < -0.39 is 12.4 Å². The lowest BCUT2D eigenvalue weighted by molar-refractivity contribution is -0.223. The van der Waals surface area contributed by atoms with Gasteiger partial charge in [-0.25, -0.2) is 0 Å². The topological polar surface area (TPSA) is 47.9 Å². The van der Waals surface area contributed by atoms with Crippen LogP contribution in [0.15, 0.2) is 30.3 Å². The van der Waals surface area contributed by atoms with Gasteiger partial charge in [0.2, 0.25) is 0 Å². The smallest absolute Gasteiger partial charge is 0.184 e. The van der Waals surface area contributed by atoms with Crippen LogP contribution in [0, 0.1) is 11.8 Å². The molecule has 0 amide bonds. The lowest BCUT2D eigenvalue weighted by Crippen LogP contribution is -2.38. The minimum absolute atomic E-state index is 0.0982. The first-order chi connectivity index (χ1) is 10.2. The Hall–Kier alpha value is -0.240. The van der Waals surface area contributed by atoms with Gasteiger partial charge in [0.15, 0.2) is 6.29 Å². The third-order valence-corrected chi connectivity index (χ3v) is 7.10. The van der Waals surface area contributed by atoms with E-state index in [2.05, 4.69) is 6.26 Å². The summed E-state index contributed by atoms with van der Waals surface area (Å²) in [6, 6.07) is 9.92. The molecule has 1 saturated carbocycles. The van der Waals surface area contributed by atoms with E-state index in [1.807, 2.05) is 30.3 Å². The predicted molar refractivity (Wildman–Crippen MR) is 84.8 cm³/mol. The van der Waals surface area contributed by atoms with E-state index in [4.69, 9.17) is 13.7 Å². The zero-order valence-corrected chi connectivity index (χ0v) is 13.7. The number of benzene rings is 1. The quantitative estimate of drug-likeness (QED) is 0.640. The Morgan fingerprint density at radius 3 is 2.81 bits per heavy atom. The van der Waals surface area contributed by atoms with E-state index in [9.17, 15) is 5.11 Å². The predicted octanol–water partition coefficient (Wildman–Crippen LogP) is 2.52. The van der Waals surface area contributed by atoms with Crippen LogP contribution in [-0.2, 0) is 20.3 Å². The van der Waals surface area contributed by atoms with E-state index in [-0.39, 0.29) is 10.00 Å². The van der Waals surface area contributed by atoms with Crippen molar-refractivity contribution in [3.05, 3.63) is 35.9 Å². The summed E-state index contributed by atoms with van der Waals surface area (Å²) in [5.41, 5.74) is 1.08. The summed E-state index contributed by atoms with van der Waals surface area (Å²) in [7, 11) is 1.67. The van der Waals surface area contributed by atoms with E-state index in [0.29, 0.717) is 19.1 Å². The van der Waals surface area contributed by atoms with Crippen molar-refractivity contribution >= 4 is 23.8 Å². The number of fused-ring (bicyclic) bond motifs is 1. The van der Waals surface area contributed by atoms with Crippen LogP contribution in [0.3, 0.4) is 0 Å². The standard InChI is InChI=1S/C15H20O4S2/c1-17-21-15(20-2)11-9-19-14(13(16)12(11)15)18-8-10-6-4-3-5-7-10/h3-7,11-14,16H,8-9H2,1-2H3/t11-,12-,13+,14-,15?/m0/s1. The third kappa shape index (κ3) is 2.85. The highest BCUT2D eigenvalue weighted by atomic mass is 32.2. The van der Waals surface area contributed by atoms with E-state index in [1.54, 1.807) is 18.9 Å². The molecule has 1 heterocycles. The summed E-state index contributed by atoms with van der Waals surface area (Å²) in [5, 5.41) is 10.5. The van der Waals surface area contributed by atoms with Gasteiger partial charge in [0.05, 0.1) is 24.4 Å². The molecule has 1 N–H and O–H groups in total. The highest BCUT2D eigenvalue weighted by Crippen LogP contribution is 2.69. The zero-order chi connectivity index (χ0) is 14.9. The number of rotatable bonds is 6. The first kappa shape index (κ1) is 15.6. The van der Waals surface area contributed by atoms with Crippen molar-refractivity contribution in [2.24, 2.45) is 11.8 Å². The summed E-state index contributed by atoms with van der Waals surface area (Å²) < 4.78 is 16.6. The lowest BCUT2D eigenvalue weighted by Gasteiger charge is -2.27. The summed E-state index contributed by atoms with van der Waals surface area (Å²) in [6.07, 6.45) is 0.886. The molecule has 3 rings (SSSR count). The van der Waals surface area contributed by atoms with Crippen molar-refractivity contribution < 1.29 is 18.8 Å². The van der Waals surface area contributed by atoms with Gasteiger partial charge in [-0.15, -0.1) is 11.8 Å². The Balaban J connectivity index is 1.60. The largest absolute Gasteiger partial charge is 0.387 e. The van der Waals surface area contributed by atoms with Crippen LogP contribution in [0.5, 0.6) is 0 Å². The minimum Gasteiger partial charge on any atom is -0.387 e. The lowest BCUT2D eigenvalue weighted by atomic mass is 10.1. The van der Waals surface area contributed by atoms with Crippen LogP contribution < -0.4 is 0 Å². The average Bonchev–Trinajstić information content (AvgIpc) is 3.17. The Labute approximate surface area is 133 Å². The van der Waals surface area contributed by atoms with E-state index >= 15 is 0 Å². The molecule has 4 nitrogen and oxygen atoms in total. The summed E-state index contributed by atoms with van der Waals surface area (Å²) in [6.45, 7) is 1.06. The second kappa shape index (κ2) is 6.48. The molecule has 0 bridgehead atoms. The molecular weight excluding hydrogens is 308 g/mol. The van der Waals surface area contributed by atoms with Gasteiger partial charge >= 0.3 is 0 Å². The Kier molecular flexibility index (Phi) is 4.83. The van der Waals surface area contributed by atoms with Gasteiger partial charge in [-0.1, -0.05) is 30.3 Å². The molecule has 21 heavy (non-hydrogen) atoms. The van der Waals surface area contributed by atoms with Crippen LogP contribution in [0.4, 0.5) is 0 Å². The van der Waals surface area contributed by atoms with Crippen molar-refractivity contribution in [1.82, 2.24) is 0 Å². The molecule has 1 saturated heterocycles. The molecule has 2 aliphatic rings. The first-order valence-electron chi connectivity index (χ1n) is 6.95. The number of hydrogen-bond acceptors (Lipinski definition) is 6. The molecule has 1 unspecified atom stereocenters. The molecular formula is C15H20O4S2. The van der Waals surface area contributed by atoms with Gasteiger partial charge in [0.1, 0.15) is 6.10 Å². The SMILES string of the molecule is COSC1(SC)[C@@H]2[C@@H](O)[C@@H](OCc3ccccc3)OC[C@@H]21. The van der Waals surface area contributed by atoms with Gasteiger partial charge in [0, 0.05) is 23.9 Å². The third-order valence-electron chi connectivity index (χ3n) is 4.18. The number of aliphatic hydroxyl groups is 1. The van der Waals surface area contributed by atoms with Crippen molar-refractivity contribution in [3.8, 4) is 0 Å². The fraction of sp³-hybridized carbons (Fsp3) is 0.600. The van der Waals surface area contributed by atoms with Crippen LogP contribution >= 0.6 is 23.8 Å². The first-order valence-corrected chi connectivity index (χ1v) is 8.91. The summed E-state index contributed by atoms with van der Waals surface area (Å²) in [5.74, 6) is 0.482. The number of ether oxygens (including phenoxy) is 2. The highest BCUT2D eigenvalue weighted by molar-refractivity contribution is 8.16. The van der Waals surface area contributed by atoms with E-state index in [0.717, 1.165) is 5.56 Å². The second-order valence-corrected chi connectivity index (χ2v) is 7.81. The van der Waals surface area contributed by atoms with Crippen LogP contribution in [-0.4, -0.2) is 41.6 Å². The Morgan fingerprint density at radius 2 is 2.14 bits per heavy atom. The summed E-state index contributed by atoms with van der Waals surface area (Å²) in [4.78, 5) is 0. The van der Waals surface area contributed by atoms with Crippen LogP contribution in [0.25, 0.3) is 0 Å². The minimum atomic E-state index is -0.609. The molecule has 0 radical (unpaired) electrons. The fourth-order valence-corrected chi connectivity index (χ4v) is 5.51. The van der Waals surface area contributed by atoms with E-state index in [1.165, 1.54) is 12.0 Å². The van der Waals surface area contributed by atoms with Crippen LogP contribution in [0.2, 0.25) is 0 Å². The monoisotopic (exact) mass is 328 g/mol. The molecule has 5 atom stereocenters. The molecule has 1 aliphatic heterocycles. The normalized spacial score (nSPS) is 38.0. The molecule has 2 fully saturated rings. The van der Waals surface area contributed by atoms with Gasteiger partial charge in [-0.2, -0.15) is 0 Å². The Bertz CT molecular complexity index is 472. The summed E-state index contributed by atoms with van der Waals surface area (Å²) >= 11 is 3.17. The molecule has 116 valence electrons. The van der Waals surface area contributed by atoms with Gasteiger partial charge < -0.3 is 18.8 Å². The van der Waals surface area contributed by atoms with Gasteiger partial charge in [0.25, 0.3) is 0 Å². The van der Waals surface area contributed by atoms with Gasteiger partial charge in [-0.05, 0) is 11.8 Å². The number of thioether (sulfide) groups is 1. The van der Waals surface area contributed by atoms with Crippen molar-refractivity contribution in [2.45, 2.75) is 23.1 Å². The molecule has 0 aromatic heterocycles. The average molecular weight is 328 g/mol. The zero-order valence-electron chi connectivity index (χ0n) is 12.1. The van der Waals surface area contributed by atoms with Crippen molar-refractivity contribution in [3.63, 3.8) is 0 Å². The maximum atomic E-state index is 10.5. The maximum absolute atomic E-state index is 10.5. The maximum Gasteiger partial charge on any atom is 0.184 e. The van der Waals surface area contributed by atoms with Gasteiger partial charge in [-0.3, -0.25) is 0 Å². The Morgan fingerprint density at radius 1 is 1.38 bits per heavy atom. The fourth-order valence-electron chi connectivity index (χ4n) is 3.07. The molecule has 0 spiro atoms.